The van der Waals surface area contributed by atoms with Gasteiger partial charge in [-0.2, -0.15) is 0 Å². The van der Waals surface area contributed by atoms with Crippen molar-refractivity contribution >= 4 is 45.8 Å². The fourth-order valence-corrected chi connectivity index (χ4v) is 3.70. The standard InChI is InChI=1S/C25H28N4O5S/c1-3-4-15-34-23(31)17-5-7-18(8-6-17)26-22(30)14-11-20-16-35-25(28-20)29-24(32)27-19-9-12-21(33-2)13-10-19/h5-10,12-13,16H,3-4,11,14-15H2,1-2H3,(H,26,30)(H2,27,28,29,32). The minimum Gasteiger partial charge on any atom is -0.497 e. The van der Waals surface area contributed by atoms with Gasteiger partial charge in [0.1, 0.15) is 5.75 Å². The summed E-state index contributed by atoms with van der Waals surface area (Å²) in [5.41, 5.74) is 2.36. The molecule has 3 amide bonds. The van der Waals surface area contributed by atoms with E-state index in [1.165, 1.54) is 11.3 Å². The molecule has 35 heavy (non-hydrogen) atoms. The van der Waals surface area contributed by atoms with E-state index in [2.05, 4.69) is 20.9 Å². The predicted molar refractivity (Wildman–Crippen MR) is 136 cm³/mol. The second-order valence-corrected chi connectivity index (χ2v) is 8.42. The van der Waals surface area contributed by atoms with Crippen LogP contribution in [0.15, 0.2) is 53.9 Å². The lowest BCUT2D eigenvalue weighted by Gasteiger charge is -2.07. The number of carbonyl (C=O) groups is 3. The third kappa shape index (κ3) is 8.42. The number of ether oxygens (including phenoxy) is 2. The highest BCUT2D eigenvalue weighted by Gasteiger charge is 2.11. The van der Waals surface area contributed by atoms with E-state index >= 15 is 0 Å². The van der Waals surface area contributed by atoms with E-state index in [9.17, 15) is 14.4 Å². The van der Waals surface area contributed by atoms with Gasteiger partial charge in [-0.1, -0.05) is 13.3 Å². The van der Waals surface area contributed by atoms with Crippen LogP contribution in [0.25, 0.3) is 0 Å². The number of aryl methyl sites for hydroxylation is 1. The fourth-order valence-electron chi connectivity index (χ4n) is 2.96. The van der Waals surface area contributed by atoms with E-state index in [4.69, 9.17) is 9.47 Å². The number of anilines is 3. The molecule has 2 aromatic carbocycles. The summed E-state index contributed by atoms with van der Waals surface area (Å²) in [6.07, 6.45) is 2.43. The van der Waals surface area contributed by atoms with Gasteiger partial charge in [0.25, 0.3) is 0 Å². The molecule has 0 aliphatic rings. The Labute approximate surface area is 207 Å². The molecule has 0 unspecified atom stereocenters. The number of methoxy groups -OCH3 is 1. The van der Waals surface area contributed by atoms with Gasteiger partial charge in [0.2, 0.25) is 5.91 Å². The molecule has 0 spiro atoms. The summed E-state index contributed by atoms with van der Waals surface area (Å²) >= 11 is 1.28. The van der Waals surface area contributed by atoms with Crippen LogP contribution in [0, 0.1) is 0 Å². The molecule has 9 nitrogen and oxygen atoms in total. The maximum atomic E-state index is 12.3. The van der Waals surface area contributed by atoms with Crippen LogP contribution >= 0.6 is 11.3 Å². The van der Waals surface area contributed by atoms with Crippen molar-refractivity contribution in [1.82, 2.24) is 4.98 Å². The number of urea groups is 1. The summed E-state index contributed by atoms with van der Waals surface area (Å²) in [5.74, 6) is 0.147. The Hall–Kier alpha value is -3.92. The fraction of sp³-hybridized carbons (Fsp3) is 0.280. The molecule has 0 atom stereocenters. The molecule has 0 aliphatic heterocycles. The molecule has 0 saturated carbocycles. The van der Waals surface area contributed by atoms with Gasteiger partial charge in [0.05, 0.1) is 25.0 Å². The van der Waals surface area contributed by atoms with Crippen molar-refractivity contribution in [3.63, 3.8) is 0 Å². The first-order valence-corrected chi connectivity index (χ1v) is 12.1. The molecule has 0 radical (unpaired) electrons. The zero-order valence-corrected chi connectivity index (χ0v) is 20.4. The second kappa shape index (κ2) is 13.1. The smallest absolute Gasteiger partial charge is 0.338 e. The van der Waals surface area contributed by atoms with E-state index < -0.39 is 6.03 Å². The van der Waals surface area contributed by atoms with Gasteiger partial charge in [-0.05, 0) is 61.4 Å². The van der Waals surface area contributed by atoms with Gasteiger partial charge in [0, 0.05) is 23.2 Å². The van der Waals surface area contributed by atoms with E-state index in [-0.39, 0.29) is 18.3 Å². The van der Waals surface area contributed by atoms with Gasteiger partial charge in [0.15, 0.2) is 5.13 Å². The molecule has 1 heterocycles. The number of hydrogen-bond acceptors (Lipinski definition) is 7. The first kappa shape index (κ1) is 25.7. The number of hydrogen-bond donors (Lipinski definition) is 3. The Kier molecular flexibility index (Phi) is 9.61. The summed E-state index contributed by atoms with van der Waals surface area (Å²) in [6.45, 7) is 2.42. The average Bonchev–Trinajstić information content (AvgIpc) is 3.31. The molecule has 3 N–H and O–H groups in total. The minimum atomic E-state index is -0.411. The van der Waals surface area contributed by atoms with E-state index in [0.29, 0.717) is 46.5 Å². The zero-order valence-electron chi connectivity index (χ0n) is 19.6. The number of benzene rings is 2. The molecule has 0 aliphatic carbocycles. The van der Waals surface area contributed by atoms with Crippen molar-refractivity contribution in [1.29, 1.82) is 0 Å². The number of esters is 1. The molecule has 0 bridgehead atoms. The quantitative estimate of drug-likeness (QED) is 0.244. The van der Waals surface area contributed by atoms with E-state index in [1.54, 1.807) is 61.0 Å². The molecule has 0 fully saturated rings. The molecule has 0 saturated heterocycles. The number of aromatic nitrogens is 1. The summed E-state index contributed by atoms with van der Waals surface area (Å²) in [7, 11) is 1.57. The topological polar surface area (TPSA) is 119 Å². The second-order valence-electron chi connectivity index (χ2n) is 7.57. The highest BCUT2D eigenvalue weighted by molar-refractivity contribution is 7.13. The summed E-state index contributed by atoms with van der Waals surface area (Å²) < 4.78 is 10.3. The maximum Gasteiger partial charge on any atom is 0.338 e. The van der Waals surface area contributed by atoms with E-state index in [0.717, 1.165) is 12.8 Å². The third-order valence-electron chi connectivity index (χ3n) is 4.86. The van der Waals surface area contributed by atoms with Gasteiger partial charge in [-0.3, -0.25) is 10.1 Å². The van der Waals surface area contributed by atoms with Crippen LogP contribution in [-0.2, 0) is 16.0 Å². The largest absolute Gasteiger partial charge is 0.497 e. The van der Waals surface area contributed by atoms with E-state index in [1.807, 2.05) is 6.92 Å². The van der Waals surface area contributed by atoms with Crippen molar-refractivity contribution in [3.05, 3.63) is 65.2 Å². The first-order chi connectivity index (χ1) is 17.0. The van der Waals surface area contributed by atoms with Gasteiger partial charge in [-0.25, -0.2) is 14.6 Å². The minimum absolute atomic E-state index is 0.178. The summed E-state index contributed by atoms with van der Waals surface area (Å²) in [5, 5.41) is 10.4. The highest BCUT2D eigenvalue weighted by atomic mass is 32.1. The van der Waals surface area contributed by atoms with Crippen LogP contribution in [0.1, 0.15) is 42.2 Å². The normalized spacial score (nSPS) is 10.3. The van der Waals surface area contributed by atoms with Crippen LogP contribution in [0.3, 0.4) is 0 Å². The zero-order chi connectivity index (χ0) is 25.0. The van der Waals surface area contributed by atoms with Crippen molar-refractivity contribution < 1.29 is 23.9 Å². The third-order valence-corrected chi connectivity index (χ3v) is 5.67. The first-order valence-electron chi connectivity index (χ1n) is 11.2. The Morgan fingerprint density at radius 2 is 1.63 bits per heavy atom. The lowest BCUT2D eigenvalue weighted by Crippen LogP contribution is -2.19. The Morgan fingerprint density at radius 1 is 0.943 bits per heavy atom. The van der Waals surface area contributed by atoms with Crippen molar-refractivity contribution in [3.8, 4) is 5.75 Å². The van der Waals surface area contributed by atoms with Gasteiger partial charge < -0.3 is 20.1 Å². The Morgan fingerprint density at radius 3 is 2.31 bits per heavy atom. The van der Waals surface area contributed by atoms with Crippen molar-refractivity contribution in [2.75, 3.05) is 29.7 Å². The van der Waals surface area contributed by atoms with Crippen molar-refractivity contribution in [2.45, 2.75) is 32.6 Å². The van der Waals surface area contributed by atoms with Crippen LogP contribution < -0.4 is 20.7 Å². The van der Waals surface area contributed by atoms with Crippen molar-refractivity contribution in [2.24, 2.45) is 0 Å². The molecule has 184 valence electrons. The van der Waals surface area contributed by atoms with Crippen LogP contribution in [-0.4, -0.2) is 36.6 Å². The number of thiazole rings is 1. The number of nitrogens with one attached hydrogen (secondary N) is 3. The molecule has 3 rings (SSSR count). The molecule has 3 aromatic rings. The number of nitrogens with zero attached hydrogens (tertiary/aromatic N) is 1. The maximum absolute atomic E-state index is 12.3. The number of amides is 3. The summed E-state index contributed by atoms with van der Waals surface area (Å²) in [6, 6.07) is 13.1. The van der Waals surface area contributed by atoms with Crippen LogP contribution in [0.5, 0.6) is 5.75 Å². The van der Waals surface area contributed by atoms with Gasteiger partial charge >= 0.3 is 12.0 Å². The number of unbranched alkanes of at least 4 members (excludes halogenated alkanes) is 1. The molecule has 10 heteroatoms. The SMILES string of the molecule is CCCCOC(=O)c1ccc(NC(=O)CCc2csc(NC(=O)Nc3ccc(OC)cc3)n2)cc1. The molecular formula is C25H28N4O5S. The average molecular weight is 497 g/mol. The predicted octanol–water partition coefficient (Wildman–Crippen LogP) is 5.32. The molecule has 1 aromatic heterocycles. The Balaban J connectivity index is 1.41. The lowest BCUT2D eigenvalue weighted by atomic mass is 10.2. The number of rotatable bonds is 11. The number of carbonyl (C=O) groups excluding carboxylic acids is 3. The van der Waals surface area contributed by atoms with Gasteiger partial charge in [-0.15, -0.1) is 11.3 Å². The molecular weight excluding hydrogens is 468 g/mol. The monoisotopic (exact) mass is 496 g/mol. The summed E-state index contributed by atoms with van der Waals surface area (Å²) in [4.78, 5) is 40.8. The highest BCUT2D eigenvalue weighted by Crippen LogP contribution is 2.19. The van der Waals surface area contributed by atoms with Crippen LogP contribution in [0.2, 0.25) is 0 Å². The lowest BCUT2D eigenvalue weighted by molar-refractivity contribution is -0.116. The Bertz CT molecular complexity index is 1130. The van der Waals surface area contributed by atoms with Crippen LogP contribution in [0.4, 0.5) is 21.3 Å².